The van der Waals surface area contributed by atoms with Gasteiger partial charge in [-0.2, -0.15) is 0 Å². The maximum atomic E-state index is 10.0. The van der Waals surface area contributed by atoms with Gasteiger partial charge in [0.05, 0.1) is 6.61 Å². The van der Waals surface area contributed by atoms with Crippen LogP contribution in [-0.2, 0) is 4.74 Å². The van der Waals surface area contributed by atoms with Crippen molar-refractivity contribution in [1.82, 2.24) is 0 Å². The van der Waals surface area contributed by atoms with Crippen molar-refractivity contribution in [2.75, 3.05) is 26.4 Å². The summed E-state index contributed by atoms with van der Waals surface area (Å²) in [4.78, 5) is 0. The average Bonchev–Trinajstić information content (AvgIpc) is 2.37. The Bertz CT molecular complexity index is 389. The number of ether oxygens (including phenoxy) is 3. The molecule has 1 atom stereocenters. The molecule has 0 saturated carbocycles. The largest absolute Gasteiger partial charge is 0.486 e. The molecule has 1 aliphatic heterocycles. The molecular weight excluding hydrogens is 232 g/mol. The summed E-state index contributed by atoms with van der Waals surface area (Å²) < 4.78 is 16.3. The minimum atomic E-state index is -0.625. The van der Waals surface area contributed by atoms with Crippen LogP contribution in [0.5, 0.6) is 11.5 Å². The Morgan fingerprint density at radius 3 is 2.61 bits per heavy atom. The van der Waals surface area contributed by atoms with E-state index in [4.69, 9.17) is 14.2 Å². The second-order valence-electron chi connectivity index (χ2n) is 4.85. The summed E-state index contributed by atoms with van der Waals surface area (Å²) in [5, 5.41) is 10.0. The van der Waals surface area contributed by atoms with Gasteiger partial charge in [-0.05, 0) is 23.6 Å². The average molecular weight is 252 g/mol. The highest BCUT2D eigenvalue weighted by Gasteiger charge is 2.15. The van der Waals surface area contributed by atoms with Crippen LogP contribution in [0.1, 0.15) is 25.5 Å². The van der Waals surface area contributed by atoms with Gasteiger partial charge in [-0.3, -0.25) is 0 Å². The number of hydrogen-bond donors (Lipinski definition) is 1. The van der Waals surface area contributed by atoms with E-state index in [2.05, 4.69) is 13.8 Å². The zero-order valence-corrected chi connectivity index (χ0v) is 10.9. The Morgan fingerprint density at radius 2 is 1.89 bits per heavy atom. The molecule has 1 unspecified atom stereocenters. The smallest absolute Gasteiger partial charge is 0.161 e. The van der Waals surface area contributed by atoms with Crippen molar-refractivity contribution in [2.45, 2.75) is 20.0 Å². The monoisotopic (exact) mass is 252 g/mol. The molecule has 4 heteroatoms. The van der Waals surface area contributed by atoms with Gasteiger partial charge < -0.3 is 19.3 Å². The van der Waals surface area contributed by atoms with Crippen molar-refractivity contribution >= 4 is 0 Å². The van der Waals surface area contributed by atoms with Crippen LogP contribution >= 0.6 is 0 Å². The molecule has 1 aliphatic rings. The summed E-state index contributed by atoms with van der Waals surface area (Å²) >= 11 is 0. The normalized spacial score (nSPS) is 15.8. The minimum absolute atomic E-state index is 0.303. The Labute approximate surface area is 107 Å². The summed E-state index contributed by atoms with van der Waals surface area (Å²) in [7, 11) is 0. The van der Waals surface area contributed by atoms with Gasteiger partial charge in [-0.1, -0.05) is 19.9 Å². The van der Waals surface area contributed by atoms with Crippen molar-refractivity contribution in [3.8, 4) is 11.5 Å². The first-order chi connectivity index (χ1) is 8.66. The number of benzene rings is 1. The van der Waals surface area contributed by atoms with Crippen LogP contribution in [-0.4, -0.2) is 31.5 Å². The van der Waals surface area contributed by atoms with Crippen LogP contribution in [0.25, 0.3) is 0 Å². The maximum absolute atomic E-state index is 10.0. The molecule has 2 rings (SSSR count). The van der Waals surface area contributed by atoms with Gasteiger partial charge in [0.1, 0.15) is 19.3 Å². The number of aliphatic hydroxyl groups excluding tert-OH is 1. The summed E-state index contributed by atoms with van der Waals surface area (Å²) in [5.74, 6) is 1.90. The van der Waals surface area contributed by atoms with Gasteiger partial charge in [0, 0.05) is 6.61 Å². The van der Waals surface area contributed by atoms with Crippen molar-refractivity contribution < 1.29 is 19.3 Å². The Kier molecular flexibility index (Phi) is 4.44. The van der Waals surface area contributed by atoms with Gasteiger partial charge >= 0.3 is 0 Å². The predicted molar refractivity (Wildman–Crippen MR) is 68.0 cm³/mol. The fraction of sp³-hybridized carbons (Fsp3) is 0.571. The summed E-state index contributed by atoms with van der Waals surface area (Å²) in [5.41, 5.74) is 0.794. The third-order valence-electron chi connectivity index (χ3n) is 2.68. The molecule has 18 heavy (non-hydrogen) atoms. The SMILES string of the molecule is CC(C)COCC(O)c1ccc2c(c1)OCCO2. The lowest BCUT2D eigenvalue weighted by Crippen LogP contribution is -2.16. The zero-order chi connectivity index (χ0) is 13.0. The molecule has 1 N–H and O–H groups in total. The molecule has 1 heterocycles. The highest BCUT2D eigenvalue weighted by Crippen LogP contribution is 2.32. The zero-order valence-electron chi connectivity index (χ0n) is 10.9. The second-order valence-corrected chi connectivity index (χ2v) is 4.85. The third-order valence-corrected chi connectivity index (χ3v) is 2.68. The van der Waals surface area contributed by atoms with E-state index >= 15 is 0 Å². The summed E-state index contributed by atoms with van der Waals surface area (Å²) in [6.07, 6.45) is -0.625. The number of rotatable bonds is 5. The quantitative estimate of drug-likeness (QED) is 0.872. The van der Waals surface area contributed by atoms with E-state index in [9.17, 15) is 5.11 Å². The fourth-order valence-electron chi connectivity index (χ4n) is 1.78. The molecule has 1 aromatic carbocycles. The lowest BCUT2D eigenvalue weighted by Gasteiger charge is -2.20. The van der Waals surface area contributed by atoms with Crippen molar-refractivity contribution in [3.05, 3.63) is 23.8 Å². The van der Waals surface area contributed by atoms with Crippen LogP contribution < -0.4 is 9.47 Å². The van der Waals surface area contributed by atoms with Gasteiger partial charge in [-0.15, -0.1) is 0 Å². The number of aliphatic hydroxyl groups is 1. The first-order valence-electron chi connectivity index (χ1n) is 6.32. The topological polar surface area (TPSA) is 47.9 Å². The van der Waals surface area contributed by atoms with E-state index in [1.165, 1.54) is 0 Å². The van der Waals surface area contributed by atoms with Crippen LogP contribution in [0.3, 0.4) is 0 Å². The van der Waals surface area contributed by atoms with E-state index in [-0.39, 0.29) is 0 Å². The highest BCUT2D eigenvalue weighted by molar-refractivity contribution is 5.44. The van der Waals surface area contributed by atoms with Gasteiger partial charge in [0.2, 0.25) is 0 Å². The molecular formula is C14H20O4. The molecule has 0 spiro atoms. The third kappa shape index (κ3) is 3.37. The molecule has 100 valence electrons. The number of fused-ring (bicyclic) bond motifs is 1. The molecule has 0 aromatic heterocycles. The van der Waals surface area contributed by atoms with E-state index in [1.54, 1.807) is 0 Å². The molecule has 0 amide bonds. The first-order valence-corrected chi connectivity index (χ1v) is 6.32. The standard InChI is InChI=1S/C14H20O4/c1-10(2)8-16-9-12(15)11-3-4-13-14(7-11)18-6-5-17-13/h3-4,7,10,12,15H,5-6,8-9H2,1-2H3. The summed E-state index contributed by atoms with van der Waals surface area (Å²) in [6, 6.07) is 5.49. The highest BCUT2D eigenvalue weighted by atomic mass is 16.6. The van der Waals surface area contributed by atoms with Crippen LogP contribution in [0.15, 0.2) is 18.2 Å². The van der Waals surface area contributed by atoms with Crippen molar-refractivity contribution in [1.29, 1.82) is 0 Å². The molecule has 0 bridgehead atoms. The van der Waals surface area contributed by atoms with Crippen LogP contribution in [0, 0.1) is 5.92 Å². The molecule has 0 fully saturated rings. The van der Waals surface area contributed by atoms with E-state index in [0.29, 0.717) is 38.1 Å². The Hall–Kier alpha value is -1.26. The van der Waals surface area contributed by atoms with E-state index < -0.39 is 6.10 Å². The fourth-order valence-corrected chi connectivity index (χ4v) is 1.78. The van der Waals surface area contributed by atoms with E-state index in [1.807, 2.05) is 18.2 Å². The predicted octanol–water partition coefficient (Wildman–Crippen LogP) is 2.16. The Morgan fingerprint density at radius 1 is 1.17 bits per heavy atom. The first kappa shape index (κ1) is 13.2. The molecule has 0 aliphatic carbocycles. The van der Waals surface area contributed by atoms with Gasteiger partial charge in [0.25, 0.3) is 0 Å². The van der Waals surface area contributed by atoms with Crippen molar-refractivity contribution in [3.63, 3.8) is 0 Å². The summed E-state index contributed by atoms with van der Waals surface area (Å²) in [6.45, 7) is 6.25. The Balaban J connectivity index is 1.95. The maximum Gasteiger partial charge on any atom is 0.161 e. The minimum Gasteiger partial charge on any atom is -0.486 e. The molecule has 1 aromatic rings. The van der Waals surface area contributed by atoms with E-state index in [0.717, 1.165) is 11.3 Å². The molecule has 4 nitrogen and oxygen atoms in total. The lowest BCUT2D eigenvalue weighted by atomic mass is 10.1. The molecule has 0 radical (unpaired) electrons. The van der Waals surface area contributed by atoms with Gasteiger partial charge in [-0.25, -0.2) is 0 Å². The van der Waals surface area contributed by atoms with Crippen molar-refractivity contribution in [2.24, 2.45) is 5.92 Å². The molecule has 0 saturated heterocycles. The second kappa shape index (κ2) is 6.07. The lowest BCUT2D eigenvalue weighted by molar-refractivity contribution is 0.0247. The van der Waals surface area contributed by atoms with Gasteiger partial charge in [0.15, 0.2) is 11.5 Å². The van der Waals surface area contributed by atoms with Crippen LogP contribution in [0.4, 0.5) is 0 Å². The van der Waals surface area contributed by atoms with Crippen LogP contribution in [0.2, 0.25) is 0 Å². The number of hydrogen-bond acceptors (Lipinski definition) is 4.